The van der Waals surface area contributed by atoms with Crippen molar-refractivity contribution >= 4 is 0 Å². The van der Waals surface area contributed by atoms with E-state index in [4.69, 9.17) is 15.3 Å². The molecule has 0 aliphatic rings. The Labute approximate surface area is 82.3 Å². The SMILES string of the molecule is OCCN(CCO)CCO.[Au]. The molecule has 73 valence electrons. The molecule has 0 fully saturated rings. The number of rotatable bonds is 6. The van der Waals surface area contributed by atoms with E-state index in [1.54, 1.807) is 4.90 Å². The molecule has 0 heterocycles. The molecule has 0 saturated heterocycles. The maximum Gasteiger partial charge on any atom is 0.0558 e. The van der Waals surface area contributed by atoms with Gasteiger partial charge in [0.15, 0.2) is 0 Å². The molecule has 0 amide bonds. The predicted molar refractivity (Wildman–Crippen MR) is 37.7 cm³/mol. The van der Waals surface area contributed by atoms with Crippen LogP contribution in [-0.2, 0) is 22.4 Å². The molecule has 0 unspecified atom stereocenters. The van der Waals surface area contributed by atoms with E-state index in [-0.39, 0.29) is 42.2 Å². The van der Waals surface area contributed by atoms with E-state index in [1.165, 1.54) is 0 Å². The maximum absolute atomic E-state index is 8.48. The molecular weight excluding hydrogens is 331 g/mol. The van der Waals surface area contributed by atoms with Crippen LogP contribution in [0, 0.1) is 0 Å². The van der Waals surface area contributed by atoms with Gasteiger partial charge in [0.1, 0.15) is 0 Å². The standard InChI is InChI=1S/C6H15NO3.Au/c8-4-1-7(2-5-9)3-6-10;/h8-10H,1-6H2;. The Bertz CT molecular complexity index is 60.6. The summed E-state index contributed by atoms with van der Waals surface area (Å²) >= 11 is 0. The van der Waals surface area contributed by atoms with Gasteiger partial charge in [-0.3, -0.25) is 4.90 Å². The first kappa shape index (κ1) is 14.1. The largest absolute Gasteiger partial charge is 0.395 e. The molecule has 0 aromatic heterocycles. The molecule has 0 aromatic rings. The molecule has 0 spiro atoms. The van der Waals surface area contributed by atoms with Crippen molar-refractivity contribution in [1.82, 2.24) is 4.90 Å². The van der Waals surface area contributed by atoms with E-state index >= 15 is 0 Å². The van der Waals surface area contributed by atoms with Crippen molar-refractivity contribution in [3.8, 4) is 0 Å². The Morgan fingerprint density at radius 2 is 1.00 bits per heavy atom. The number of aliphatic hydroxyl groups is 3. The van der Waals surface area contributed by atoms with Crippen LogP contribution in [0.5, 0.6) is 0 Å². The van der Waals surface area contributed by atoms with Crippen molar-refractivity contribution in [2.75, 3.05) is 39.5 Å². The average Bonchev–Trinajstić information content (AvgIpc) is 1.90. The Morgan fingerprint density at radius 1 is 0.727 bits per heavy atom. The second kappa shape index (κ2) is 10.6. The van der Waals surface area contributed by atoms with Gasteiger partial charge in [-0.25, -0.2) is 0 Å². The second-order valence-electron chi connectivity index (χ2n) is 2.01. The zero-order chi connectivity index (χ0) is 7.82. The summed E-state index contributed by atoms with van der Waals surface area (Å²) < 4.78 is 0. The summed E-state index contributed by atoms with van der Waals surface area (Å²) in [7, 11) is 0. The molecule has 1 radical (unpaired) electrons. The zero-order valence-electron chi connectivity index (χ0n) is 6.33. The predicted octanol–water partition coefficient (Wildman–Crippen LogP) is -1.74. The molecule has 3 N–H and O–H groups in total. The minimum Gasteiger partial charge on any atom is -0.395 e. The monoisotopic (exact) mass is 346 g/mol. The van der Waals surface area contributed by atoms with Gasteiger partial charge in [0.05, 0.1) is 19.8 Å². The molecule has 0 rings (SSSR count). The van der Waals surface area contributed by atoms with Crippen molar-refractivity contribution in [1.29, 1.82) is 0 Å². The third-order valence-electron chi connectivity index (χ3n) is 1.25. The van der Waals surface area contributed by atoms with Crippen molar-refractivity contribution in [2.45, 2.75) is 0 Å². The first-order valence-electron chi connectivity index (χ1n) is 3.40. The molecular formula is C6H15AuNO3. The Balaban J connectivity index is 0. The number of hydrogen-bond donors (Lipinski definition) is 3. The van der Waals surface area contributed by atoms with Gasteiger partial charge in [-0.2, -0.15) is 0 Å². The van der Waals surface area contributed by atoms with E-state index in [1.807, 2.05) is 0 Å². The van der Waals surface area contributed by atoms with Gasteiger partial charge in [0.25, 0.3) is 0 Å². The van der Waals surface area contributed by atoms with Crippen LogP contribution in [-0.4, -0.2) is 59.7 Å². The second-order valence-corrected chi connectivity index (χ2v) is 2.01. The molecule has 4 nitrogen and oxygen atoms in total. The topological polar surface area (TPSA) is 63.9 Å². The molecule has 11 heavy (non-hydrogen) atoms. The Morgan fingerprint density at radius 3 is 1.18 bits per heavy atom. The Kier molecular flexibility index (Phi) is 13.6. The van der Waals surface area contributed by atoms with Crippen LogP contribution in [0.15, 0.2) is 0 Å². The van der Waals surface area contributed by atoms with Crippen LogP contribution in [0.4, 0.5) is 0 Å². The fraction of sp³-hybridized carbons (Fsp3) is 1.00. The van der Waals surface area contributed by atoms with Gasteiger partial charge in [0.2, 0.25) is 0 Å². The first-order valence-corrected chi connectivity index (χ1v) is 3.40. The summed E-state index contributed by atoms with van der Waals surface area (Å²) in [5, 5.41) is 25.5. The Hall–Kier alpha value is 0.580. The van der Waals surface area contributed by atoms with Crippen LogP contribution in [0.2, 0.25) is 0 Å². The van der Waals surface area contributed by atoms with Crippen LogP contribution >= 0.6 is 0 Å². The van der Waals surface area contributed by atoms with Crippen LogP contribution in [0.1, 0.15) is 0 Å². The minimum atomic E-state index is 0. The fourth-order valence-corrected chi connectivity index (χ4v) is 0.760. The third-order valence-corrected chi connectivity index (χ3v) is 1.25. The third kappa shape index (κ3) is 8.49. The van der Waals surface area contributed by atoms with Crippen molar-refractivity contribution in [3.05, 3.63) is 0 Å². The summed E-state index contributed by atoms with van der Waals surface area (Å²) in [6.07, 6.45) is 0. The summed E-state index contributed by atoms with van der Waals surface area (Å²) in [4.78, 5) is 1.79. The average molecular weight is 346 g/mol. The smallest absolute Gasteiger partial charge is 0.0558 e. The summed E-state index contributed by atoms with van der Waals surface area (Å²) in [6, 6.07) is 0. The zero-order valence-corrected chi connectivity index (χ0v) is 8.50. The number of hydrogen-bond acceptors (Lipinski definition) is 4. The quantitative estimate of drug-likeness (QED) is 0.500. The molecule has 0 aliphatic heterocycles. The van der Waals surface area contributed by atoms with E-state index in [0.717, 1.165) is 0 Å². The molecule has 0 saturated carbocycles. The summed E-state index contributed by atoms with van der Waals surface area (Å²) in [5.74, 6) is 0. The normalized spacial score (nSPS) is 9.82. The van der Waals surface area contributed by atoms with Gasteiger partial charge in [-0.1, -0.05) is 0 Å². The van der Waals surface area contributed by atoms with Crippen LogP contribution in [0.3, 0.4) is 0 Å². The molecule has 0 atom stereocenters. The van der Waals surface area contributed by atoms with Crippen LogP contribution in [0.25, 0.3) is 0 Å². The van der Waals surface area contributed by atoms with E-state index < -0.39 is 0 Å². The van der Waals surface area contributed by atoms with E-state index in [9.17, 15) is 0 Å². The maximum atomic E-state index is 8.48. The van der Waals surface area contributed by atoms with Gasteiger partial charge in [-0.05, 0) is 0 Å². The van der Waals surface area contributed by atoms with Gasteiger partial charge >= 0.3 is 0 Å². The number of aliphatic hydroxyl groups excluding tert-OH is 3. The van der Waals surface area contributed by atoms with E-state index in [2.05, 4.69) is 0 Å². The summed E-state index contributed by atoms with van der Waals surface area (Å²) in [6.45, 7) is 1.75. The van der Waals surface area contributed by atoms with Crippen molar-refractivity contribution in [2.24, 2.45) is 0 Å². The van der Waals surface area contributed by atoms with Gasteiger partial charge in [-0.15, -0.1) is 0 Å². The van der Waals surface area contributed by atoms with Crippen molar-refractivity contribution < 1.29 is 37.7 Å². The van der Waals surface area contributed by atoms with Gasteiger partial charge in [0, 0.05) is 42.0 Å². The van der Waals surface area contributed by atoms with Gasteiger partial charge < -0.3 is 15.3 Å². The minimum absolute atomic E-state index is 0. The first-order chi connectivity index (χ1) is 4.85. The molecule has 0 aliphatic carbocycles. The van der Waals surface area contributed by atoms with Crippen LogP contribution < -0.4 is 0 Å². The number of nitrogens with zero attached hydrogens (tertiary/aromatic N) is 1. The fourth-order valence-electron chi connectivity index (χ4n) is 0.760. The van der Waals surface area contributed by atoms with Crippen molar-refractivity contribution in [3.63, 3.8) is 0 Å². The molecule has 5 heteroatoms. The summed E-state index contributed by atoms with van der Waals surface area (Å²) in [5.41, 5.74) is 0. The molecule has 0 aromatic carbocycles. The van der Waals surface area contributed by atoms with E-state index in [0.29, 0.717) is 19.6 Å². The molecule has 0 bridgehead atoms.